The number of nitrogens with one attached hydrogen (secondary N) is 1. The summed E-state index contributed by atoms with van der Waals surface area (Å²) >= 11 is 0. The van der Waals surface area contributed by atoms with Crippen molar-refractivity contribution in [2.45, 2.75) is 11.8 Å². The van der Waals surface area contributed by atoms with E-state index >= 15 is 0 Å². The number of carbonyl (C=O) groups is 1. The van der Waals surface area contributed by atoms with E-state index in [0.717, 1.165) is 11.8 Å². The van der Waals surface area contributed by atoms with Gasteiger partial charge in [-0.25, -0.2) is 18.4 Å². The first-order chi connectivity index (χ1) is 14.4. The summed E-state index contributed by atoms with van der Waals surface area (Å²) in [4.78, 5) is 25.1. The fraction of sp³-hybridized carbons (Fsp3) is 0.100. The van der Waals surface area contributed by atoms with Crippen molar-refractivity contribution in [3.63, 3.8) is 0 Å². The number of hydrogen-bond acceptors (Lipinski definition) is 7. The highest BCUT2D eigenvalue weighted by molar-refractivity contribution is 7.90. The monoisotopic (exact) mass is 423 g/mol. The molecule has 0 aliphatic rings. The Morgan fingerprint density at radius 1 is 1.10 bits per heavy atom. The number of fused-ring (bicyclic) bond motifs is 1. The largest absolute Gasteiger partial charge is 0.485 e. The average molecular weight is 423 g/mol. The summed E-state index contributed by atoms with van der Waals surface area (Å²) < 4.78 is 31.3. The van der Waals surface area contributed by atoms with E-state index in [9.17, 15) is 13.2 Å². The zero-order chi connectivity index (χ0) is 21.1. The van der Waals surface area contributed by atoms with Crippen LogP contribution in [0.25, 0.3) is 5.52 Å². The fourth-order valence-electron chi connectivity index (χ4n) is 2.85. The van der Waals surface area contributed by atoms with E-state index in [4.69, 9.17) is 4.74 Å². The van der Waals surface area contributed by atoms with Crippen molar-refractivity contribution in [3.05, 3.63) is 78.5 Å². The van der Waals surface area contributed by atoms with Crippen molar-refractivity contribution in [2.75, 3.05) is 11.6 Å². The molecule has 4 aromatic heterocycles. The van der Waals surface area contributed by atoms with Crippen LogP contribution in [-0.4, -0.2) is 39.9 Å². The van der Waals surface area contributed by atoms with Gasteiger partial charge >= 0.3 is 0 Å². The second kappa shape index (κ2) is 7.91. The lowest BCUT2D eigenvalue weighted by Gasteiger charge is -2.11. The van der Waals surface area contributed by atoms with Crippen LogP contribution in [0.4, 0.5) is 5.82 Å². The third-order valence-corrected chi connectivity index (χ3v) is 5.16. The minimum atomic E-state index is -3.64. The Labute approximate surface area is 172 Å². The fourth-order valence-corrected chi connectivity index (χ4v) is 3.62. The predicted octanol–water partition coefficient (Wildman–Crippen LogP) is 2.36. The number of sulfone groups is 1. The molecular weight excluding hydrogens is 406 g/mol. The zero-order valence-corrected chi connectivity index (χ0v) is 16.7. The van der Waals surface area contributed by atoms with E-state index < -0.39 is 15.7 Å². The Hall–Kier alpha value is -3.79. The lowest BCUT2D eigenvalue weighted by Crippen LogP contribution is -2.15. The Bertz CT molecular complexity index is 1320. The number of hydrogen-bond donors (Lipinski definition) is 1. The van der Waals surface area contributed by atoms with Gasteiger partial charge in [0, 0.05) is 31.0 Å². The smallest absolute Gasteiger partial charge is 0.277 e. The van der Waals surface area contributed by atoms with Crippen LogP contribution in [0.1, 0.15) is 16.1 Å². The molecule has 0 radical (unpaired) electrons. The standard InChI is InChI=1S/C20H17N5O4S/c1-30(27,28)20-23-17(15-5-2-3-12-25(15)20)19(26)24-18-16(6-4-9-22-18)29-13-14-7-10-21-11-8-14/h2-12H,13H2,1H3,(H,22,24,26). The summed E-state index contributed by atoms with van der Waals surface area (Å²) in [7, 11) is -3.64. The van der Waals surface area contributed by atoms with Gasteiger partial charge in [-0.05, 0) is 42.0 Å². The number of imidazole rings is 1. The first-order valence-corrected chi connectivity index (χ1v) is 10.8. The van der Waals surface area contributed by atoms with Gasteiger partial charge in [0.25, 0.3) is 5.91 Å². The van der Waals surface area contributed by atoms with E-state index in [1.54, 1.807) is 48.9 Å². The number of nitrogens with zero attached hydrogens (tertiary/aromatic N) is 4. The van der Waals surface area contributed by atoms with Gasteiger partial charge in [-0.1, -0.05) is 6.07 Å². The number of rotatable bonds is 6. The molecule has 0 fully saturated rings. The van der Waals surface area contributed by atoms with Crippen molar-refractivity contribution in [1.29, 1.82) is 0 Å². The van der Waals surface area contributed by atoms with Gasteiger partial charge in [0.1, 0.15) is 6.61 Å². The van der Waals surface area contributed by atoms with Gasteiger partial charge in [0.2, 0.25) is 15.0 Å². The molecular formula is C20H17N5O4S. The van der Waals surface area contributed by atoms with Crippen LogP contribution >= 0.6 is 0 Å². The lowest BCUT2D eigenvalue weighted by atomic mass is 10.3. The van der Waals surface area contributed by atoms with E-state index in [2.05, 4.69) is 20.3 Å². The molecule has 0 aliphatic carbocycles. The normalized spacial score (nSPS) is 11.4. The van der Waals surface area contributed by atoms with Gasteiger partial charge in [-0.3, -0.25) is 14.2 Å². The maximum absolute atomic E-state index is 12.9. The second-order valence-electron chi connectivity index (χ2n) is 6.42. The highest BCUT2D eigenvalue weighted by Crippen LogP contribution is 2.24. The molecule has 1 amide bonds. The molecule has 10 heteroatoms. The maximum atomic E-state index is 12.9. The molecule has 4 heterocycles. The molecule has 0 aliphatic heterocycles. The highest BCUT2D eigenvalue weighted by Gasteiger charge is 2.23. The van der Waals surface area contributed by atoms with Crippen LogP contribution < -0.4 is 10.1 Å². The van der Waals surface area contributed by atoms with Gasteiger partial charge in [-0.2, -0.15) is 0 Å². The molecule has 0 atom stereocenters. The van der Waals surface area contributed by atoms with E-state index in [1.165, 1.54) is 10.6 Å². The van der Waals surface area contributed by atoms with Gasteiger partial charge in [0.05, 0.1) is 5.52 Å². The van der Waals surface area contributed by atoms with Crippen LogP contribution in [0.2, 0.25) is 0 Å². The Kier molecular flexibility index (Phi) is 5.15. The van der Waals surface area contributed by atoms with Gasteiger partial charge in [-0.15, -0.1) is 0 Å². The Balaban J connectivity index is 1.62. The van der Waals surface area contributed by atoms with Gasteiger partial charge < -0.3 is 10.1 Å². The summed E-state index contributed by atoms with van der Waals surface area (Å²) in [5.41, 5.74) is 1.25. The third kappa shape index (κ3) is 3.98. The predicted molar refractivity (Wildman–Crippen MR) is 109 cm³/mol. The first-order valence-electron chi connectivity index (χ1n) is 8.89. The maximum Gasteiger partial charge on any atom is 0.277 e. The summed E-state index contributed by atoms with van der Waals surface area (Å²) in [5.74, 6) is -0.0230. The molecule has 9 nitrogen and oxygen atoms in total. The van der Waals surface area contributed by atoms with E-state index in [0.29, 0.717) is 11.3 Å². The number of aromatic nitrogens is 4. The minimum absolute atomic E-state index is 0.0261. The molecule has 0 unspecified atom stereocenters. The first kappa shape index (κ1) is 19.5. The van der Waals surface area contributed by atoms with Crippen LogP contribution in [0.15, 0.2) is 72.4 Å². The van der Waals surface area contributed by atoms with Crippen LogP contribution in [-0.2, 0) is 16.4 Å². The molecule has 0 bridgehead atoms. The van der Waals surface area contributed by atoms with E-state index in [-0.39, 0.29) is 23.3 Å². The van der Waals surface area contributed by atoms with Crippen LogP contribution in [0.3, 0.4) is 0 Å². The van der Waals surface area contributed by atoms with Crippen LogP contribution in [0.5, 0.6) is 5.75 Å². The third-order valence-electron chi connectivity index (χ3n) is 4.21. The summed E-state index contributed by atoms with van der Waals surface area (Å²) in [6.07, 6.45) is 7.42. The molecule has 30 heavy (non-hydrogen) atoms. The molecule has 0 aromatic carbocycles. The molecule has 152 valence electrons. The zero-order valence-electron chi connectivity index (χ0n) is 15.9. The number of ether oxygens (including phenoxy) is 1. The van der Waals surface area contributed by atoms with Crippen molar-refractivity contribution < 1.29 is 17.9 Å². The lowest BCUT2D eigenvalue weighted by molar-refractivity contribution is 0.102. The summed E-state index contributed by atoms with van der Waals surface area (Å²) in [5, 5.41) is 2.45. The Morgan fingerprint density at radius 3 is 2.67 bits per heavy atom. The molecule has 4 rings (SSSR count). The highest BCUT2D eigenvalue weighted by atomic mass is 32.2. The number of amides is 1. The number of carbonyl (C=O) groups excluding carboxylic acids is 1. The van der Waals surface area contributed by atoms with Crippen LogP contribution in [0, 0.1) is 0 Å². The molecule has 0 saturated carbocycles. The molecule has 0 saturated heterocycles. The molecule has 4 aromatic rings. The quantitative estimate of drug-likeness (QED) is 0.506. The van der Waals surface area contributed by atoms with Crippen molar-refractivity contribution in [1.82, 2.24) is 19.4 Å². The summed E-state index contributed by atoms with van der Waals surface area (Å²) in [6.45, 7) is 0.267. The number of pyridine rings is 3. The topological polar surface area (TPSA) is 116 Å². The number of anilines is 1. The average Bonchev–Trinajstić information content (AvgIpc) is 3.14. The van der Waals surface area contributed by atoms with Crippen molar-refractivity contribution in [3.8, 4) is 5.75 Å². The molecule has 0 spiro atoms. The van der Waals surface area contributed by atoms with E-state index in [1.807, 2.05) is 12.1 Å². The van der Waals surface area contributed by atoms with Gasteiger partial charge in [0.15, 0.2) is 17.3 Å². The second-order valence-corrected chi connectivity index (χ2v) is 8.33. The SMILES string of the molecule is CS(=O)(=O)c1nc(C(=O)Nc2ncccc2OCc2ccncc2)c2ccccn12. The Morgan fingerprint density at radius 2 is 1.90 bits per heavy atom. The molecule has 1 N–H and O–H groups in total. The minimum Gasteiger partial charge on any atom is -0.485 e. The van der Waals surface area contributed by atoms with Crippen molar-refractivity contribution >= 4 is 27.1 Å². The van der Waals surface area contributed by atoms with Crippen molar-refractivity contribution in [2.24, 2.45) is 0 Å². The summed E-state index contributed by atoms with van der Waals surface area (Å²) in [6, 6.07) is 12.0.